The van der Waals surface area contributed by atoms with Crippen LogP contribution in [0.1, 0.15) is 0 Å². The van der Waals surface area contributed by atoms with Gasteiger partial charge < -0.3 is 13.7 Å². The Balaban J connectivity index is 1.06. The summed E-state index contributed by atoms with van der Waals surface area (Å²) >= 11 is 0. The molecule has 0 spiro atoms. The molecule has 0 radical (unpaired) electrons. The van der Waals surface area contributed by atoms with Crippen LogP contribution < -0.4 is 4.90 Å². The van der Waals surface area contributed by atoms with Crippen molar-refractivity contribution in [2.45, 2.75) is 0 Å². The number of anilines is 3. The van der Waals surface area contributed by atoms with Crippen LogP contribution in [0.4, 0.5) is 17.1 Å². The Hall–Kier alpha value is -7.43. The van der Waals surface area contributed by atoms with Crippen molar-refractivity contribution in [1.82, 2.24) is 4.98 Å². The SMILES string of the molecule is c1ccc(-c2nc3ccc4ccc5ccc(N(c6ccccc6)c6ccc(-c7cc8oc9ccccc9c8cc7-c7ccccc7)cc6)cc5c4c3o2)cc1. The molecule has 11 aromatic rings. The highest BCUT2D eigenvalue weighted by molar-refractivity contribution is 6.18. The number of benzene rings is 9. The highest BCUT2D eigenvalue weighted by atomic mass is 16.3. The first-order valence-corrected chi connectivity index (χ1v) is 18.5. The van der Waals surface area contributed by atoms with Gasteiger partial charge in [-0.25, -0.2) is 4.98 Å². The number of furan rings is 1. The number of para-hydroxylation sites is 2. The van der Waals surface area contributed by atoms with Gasteiger partial charge in [0.1, 0.15) is 16.7 Å². The lowest BCUT2D eigenvalue weighted by Gasteiger charge is -2.26. The van der Waals surface area contributed by atoms with E-state index in [0.717, 1.165) is 88.3 Å². The second-order valence-electron chi connectivity index (χ2n) is 13.9. The van der Waals surface area contributed by atoms with Crippen LogP contribution in [0.15, 0.2) is 203 Å². The van der Waals surface area contributed by atoms with Crippen molar-refractivity contribution in [3.8, 4) is 33.7 Å². The average molecular weight is 705 g/mol. The molecule has 0 aliphatic carbocycles. The van der Waals surface area contributed by atoms with Gasteiger partial charge >= 0.3 is 0 Å². The minimum absolute atomic E-state index is 0.622. The summed E-state index contributed by atoms with van der Waals surface area (Å²) in [5.41, 5.74) is 12.1. The van der Waals surface area contributed by atoms with E-state index >= 15 is 0 Å². The molecule has 0 amide bonds. The van der Waals surface area contributed by atoms with Crippen LogP contribution in [-0.2, 0) is 0 Å². The Morgan fingerprint density at radius 1 is 0.382 bits per heavy atom. The second kappa shape index (κ2) is 12.6. The van der Waals surface area contributed by atoms with Crippen molar-refractivity contribution < 1.29 is 8.83 Å². The summed E-state index contributed by atoms with van der Waals surface area (Å²) in [5.74, 6) is 0.622. The minimum Gasteiger partial charge on any atom is -0.456 e. The highest BCUT2D eigenvalue weighted by Gasteiger charge is 2.19. The number of aromatic nitrogens is 1. The van der Waals surface area contributed by atoms with Gasteiger partial charge in [0.05, 0.1) is 0 Å². The standard InChI is InChI=1S/C51H32N2O2/c1-4-12-33(13-5-1)42-31-45-41-18-10-11-19-47(41)54-48(45)32-43(42)34-22-26-39(27-23-34)53(38-16-8-3-9-17-38)40-28-24-35-20-21-36-25-29-46-50(49(36)44(35)30-40)55-51(52-46)37-14-6-2-7-15-37/h1-32H. The quantitative estimate of drug-likeness (QED) is 0.162. The number of rotatable bonds is 6. The van der Waals surface area contributed by atoms with Crippen molar-refractivity contribution in [1.29, 1.82) is 0 Å². The molecular weight excluding hydrogens is 673 g/mol. The lowest BCUT2D eigenvalue weighted by Crippen LogP contribution is -2.09. The number of oxazole rings is 1. The van der Waals surface area contributed by atoms with E-state index in [9.17, 15) is 0 Å². The lowest BCUT2D eigenvalue weighted by atomic mass is 9.92. The van der Waals surface area contributed by atoms with Gasteiger partial charge in [-0.15, -0.1) is 0 Å². The molecule has 0 N–H and O–H groups in total. The summed E-state index contributed by atoms with van der Waals surface area (Å²) in [6.45, 7) is 0. The fourth-order valence-electron chi connectivity index (χ4n) is 8.03. The lowest BCUT2D eigenvalue weighted by molar-refractivity contribution is 0.623. The molecule has 0 aliphatic rings. The van der Waals surface area contributed by atoms with Crippen molar-refractivity contribution in [2.24, 2.45) is 0 Å². The molecular formula is C51H32N2O2. The van der Waals surface area contributed by atoms with E-state index in [1.807, 2.05) is 42.5 Å². The van der Waals surface area contributed by atoms with Crippen LogP contribution in [0.2, 0.25) is 0 Å². The van der Waals surface area contributed by atoms with E-state index in [-0.39, 0.29) is 0 Å². The molecule has 258 valence electrons. The summed E-state index contributed by atoms with van der Waals surface area (Å²) in [6, 6.07) is 68.1. The smallest absolute Gasteiger partial charge is 0.227 e. The third kappa shape index (κ3) is 5.26. The van der Waals surface area contributed by atoms with Crippen molar-refractivity contribution in [2.75, 3.05) is 4.90 Å². The predicted molar refractivity (Wildman–Crippen MR) is 227 cm³/mol. The molecule has 4 nitrogen and oxygen atoms in total. The molecule has 2 heterocycles. The maximum atomic E-state index is 6.55. The Morgan fingerprint density at radius 2 is 0.982 bits per heavy atom. The summed E-state index contributed by atoms with van der Waals surface area (Å²) in [4.78, 5) is 7.21. The molecule has 55 heavy (non-hydrogen) atoms. The molecule has 9 aromatic carbocycles. The third-order valence-electron chi connectivity index (χ3n) is 10.7. The molecule has 0 saturated heterocycles. The zero-order valence-corrected chi connectivity index (χ0v) is 29.7. The number of hydrogen-bond acceptors (Lipinski definition) is 4. The first kappa shape index (κ1) is 31.1. The summed E-state index contributed by atoms with van der Waals surface area (Å²) in [7, 11) is 0. The monoisotopic (exact) mass is 704 g/mol. The van der Waals surface area contributed by atoms with Crippen LogP contribution >= 0.6 is 0 Å². The number of nitrogens with zero attached hydrogens (tertiary/aromatic N) is 2. The van der Waals surface area contributed by atoms with Crippen LogP contribution in [0, 0.1) is 0 Å². The van der Waals surface area contributed by atoms with Gasteiger partial charge in [-0.2, -0.15) is 0 Å². The van der Waals surface area contributed by atoms with E-state index < -0.39 is 0 Å². The number of fused-ring (bicyclic) bond motifs is 8. The van der Waals surface area contributed by atoms with Gasteiger partial charge in [-0.3, -0.25) is 0 Å². The topological polar surface area (TPSA) is 42.4 Å². The second-order valence-corrected chi connectivity index (χ2v) is 13.9. The Kier molecular flexibility index (Phi) is 7.14. The zero-order valence-electron chi connectivity index (χ0n) is 29.7. The molecule has 0 saturated carbocycles. The largest absolute Gasteiger partial charge is 0.456 e. The third-order valence-corrected chi connectivity index (χ3v) is 10.7. The van der Waals surface area contributed by atoms with Crippen molar-refractivity contribution in [3.05, 3.63) is 194 Å². The van der Waals surface area contributed by atoms with Crippen molar-refractivity contribution in [3.63, 3.8) is 0 Å². The van der Waals surface area contributed by atoms with Gasteiger partial charge in [0.25, 0.3) is 0 Å². The van der Waals surface area contributed by atoms with Gasteiger partial charge in [0.2, 0.25) is 5.89 Å². The number of hydrogen-bond donors (Lipinski definition) is 0. The zero-order chi connectivity index (χ0) is 36.3. The van der Waals surface area contributed by atoms with E-state index in [4.69, 9.17) is 13.8 Å². The molecule has 2 aromatic heterocycles. The van der Waals surface area contributed by atoms with Gasteiger partial charge in [-0.05, 0) is 111 Å². The minimum atomic E-state index is 0.622. The first-order valence-electron chi connectivity index (χ1n) is 18.5. The Bertz CT molecular complexity index is 3180. The molecule has 4 heteroatoms. The van der Waals surface area contributed by atoms with Crippen LogP contribution in [0.5, 0.6) is 0 Å². The van der Waals surface area contributed by atoms with E-state index in [1.165, 1.54) is 11.1 Å². The van der Waals surface area contributed by atoms with Gasteiger partial charge in [0, 0.05) is 38.8 Å². The average Bonchev–Trinajstić information content (AvgIpc) is 3.86. The molecule has 11 rings (SSSR count). The van der Waals surface area contributed by atoms with Gasteiger partial charge in [-0.1, -0.05) is 121 Å². The fourth-order valence-corrected chi connectivity index (χ4v) is 8.03. The van der Waals surface area contributed by atoms with E-state index in [0.29, 0.717) is 5.89 Å². The molecule has 0 atom stereocenters. The first-order chi connectivity index (χ1) is 27.2. The highest BCUT2D eigenvalue weighted by Crippen LogP contribution is 2.43. The van der Waals surface area contributed by atoms with Crippen LogP contribution in [0.25, 0.3) is 88.3 Å². The maximum absolute atomic E-state index is 6.55. The maximum Gasteiger partial charge on any atom is 0.227 e. The predicted octanol–water partition coefficient (Wildman–Crippen LogP) is 14.5. The summed E-state index contributed by atoms with van der Waals surface area (Å²) in [5, 5.41) is 6.66. The van der Waals surface area contributed by atoms with E-state index in [2.05, 4.69) is 157 Å². The fraction of sp³-hybridized carbons (Fsp3) is 0. The molecule has 0 unspecified atom stereocenters. The summed E-state index contributed by atoms with van der Waals surface area (Å²) in [6.07, 6.45) is 0. The van der Waals surface area contributed by atoms with Crippen LogP contribution in [-0.4, -0.2) is 4.98 Å². The Morgan fingerprint density at radius 3 is 1.78 bits per heavy atom. The Labute approximate surface area is 317 Å². The molecule has 0 fully saturated rings. The van der Waals surface area contributed by atoms with Crippen LogP contribution in [0.3, 0.4) is 0 Å². The van der Waals surface area contributed by atoms with Gasteiger partial charge in [0.15, 0.2) is 5.58 Å². The normalized spacial score (nSPS) is 11.6. The summed E-state index contributed by atoms with van der Waals surface area (Å²) < 4.78 is 12.9. The molecule has 0 aliphatic heterocycles. The van der Waals surface area contributed by atoms with E-state index in [1.54, 1.807) is 0 Å². The van der Waals surface area contributed by atoms with Crippen molar-refractivity contribution >= 4 is 71.6 Å². The molecule has 0 bridgehead atoms.